The van der Waals surface area contributed by atoms with Gasteiger partial charge in [-0.1, -0.05) is 60.7 Å². The van der Waals surface area contributed by atoms with Crippen LogP contribution in [0.25, 0.3) is 0 Å². The minimum Gasteiger partial charge on any atom is -0.301 e. The summed E-state index contributed by atoms with van der Waals surface area (Å²) in [6.07, 6.45) is 1.80. The molecule has 0 saturated heterocycles. The van der Waals surface area contributed by atoms with E-state index in [0.717, 1.165) is 24.0 Å². The van der Waals surface area contributed by atoms with Gasteiger partial charge in [0.05, 0.1) is 5.92 Å². The second-order valence-electron chi connectivity index (χ2n) is 5.96. The largest absolute Gasteiger partial charge is 0.301 e. The molecule has 0 radical (unpaired) electrons. The van der Waals surface area contributed by atoms with Gasteiger partial charge >= 0.3 is 0 Å². The Balaban J connectivity index is 1.69. The van der Waals surface area contributed by atoms with Crippen molar-refractivity contribution in [3.63, 3.8) is 0 Å². The average Bonchev–Trinajstić information content (AvgIpc) is 3.47. The summed E-state index contributed by atoms with van der Waals surface area (Å²) in [6.45, 7) is 0. The van der Waals surface area contributed by atoms with E-state index < -0.39 is 5.92 Å². The van der Waals surface area contributed by atoms with Crippen LogP contribution in [0.5, 0.6) is 0 Å². The first-order valence-electron chi connectivity index (χ1n) is 8.15. The molecule has 0 heterocycles. The highest BCUT2D eigenvalue weighted by Gasteiger charge is 2.30. The minimum absolute atomic E-state index is 0.0624. The Bertz CT molecular complexity index is 721. The maximum atomic E-state index is 12.8. The van der Waals surface area contributed by atoms with E-state index in [2.05, 4.69) is 16.2 Å². The maximum Gasteiger partial charge on any atom is 0.241 e. The molecule has 3 N–H and O–H groups in total. The van der Waals surface area contributed by atoms with Crippen molar-refractivity contribution in [3.05, 3.63) is 71.8 Å². The van der Waals surface area contributed by atoms with Gasteiger partial charge in [0.2, 0.25) is 11.8 Å². The van der Waals surface area contributed by atoms with Crippen LogP contribution >= 0.6 is 12.2 Å². The highest BCUT2D eigenvalue weighted by atomic mass is 32.1. The fraction of sp³-hybridized carbons (Fsp3) is 0.211. The molecule has 6 heteroatoms. The molecule has 1 aliphatic rings. The number of amides is 2. The van der Waals surface area contributed by atoms with Crippen LogP contribution in [-0.4, -0.2) is 16.9 Å². The van der Waals surface area contributed by atoms with Crippen molar-refractivity contribution in [1.29, 1.82) is 0 Å². The smallest absolute Gasteiger partial charge is 0.241 e. The molecule has 128 valence electrons. The van der Waals surface area contributed by atoms with E-state index in [9.17, 15) is 9.59 Å². The number of hydrogen-bond donors (Lipinski definition) is 3. The summed E-state index contributed by atoms with van der Waals surface area (Å²) in [4.78, 5) is 24.4. The first-order valence-corrected chi connectivity index (χ1v) is 8.56. The molecular weight excluding hydrogens is 334 g/mol. The second-order valence-corrected chi connectivity index (χ2v) is 6.37. The SMILES string of the molecule is O=C(NNC(=S)NC(=O)C(c1ccccc1)c1ccccc1)C1CC1. The Hall–Kier alpha value is -2.73. The molecule has 5 nitrogen and oxygen atoms in total. The number of thiocarbonyl (C=S) groups is 1. The first kappa shape index (κ1) is 17.1. The monoisotopic (exact) mass is 353 g/mol. The number of carbonyl (C=O) groups is 2. The number of carbonyl (C=O) groups excluding carboxylic acids is 2. The number of hydrogen-bond acceptors (Lipinski definition) is 3. The van der Waals surface area contributed by atoms with Crippen LogP contribution in [0.1, 0.15) is 29.9 Å². The molecule has 2 aromatic carbocycles. The fourth-order valence-corrected chi connectivity index (χ4v) is 2.72. The third-order valence-electron chi connectivity index (χ3n) is 4.01. The third kappa shape index (κ3) is 4.64. The van der Waals surface area contributed by atoms with Gasteiger partial charge in [-0.05, 0) is 36.2 Å². The van der Waals surface area contributed by atoms with Crippen LogP contribution in [0.4, 0.5) is 0 Å². The van der Waals surface area contributed by atoms with Crippen LogP contribution in [0.15, 0.2) is 60.7 Å². The van der Waals surface area contributed by atoms with Gasteiger partial charge in [-0.2, -0.15) is 0 Å². The average molecular weight is 353 g/mol. The predicted octanol–water partition coefficient (Wildman–Crippen LogP) is 2.25. The molecule has 1 fully saturated rings. The Morgan fingerprint density at radius 3 is 1.88 bits per heavy atom. The summed E-state index contributed by atoms with van der Waals surface area (Å²) in [5, 5.41) is 2.74. The highest BCUT2D eigenvalue weighted by Crippen LogP contribution is 2.28. The van der Waals surface area contributed by atoms with Gasteiger partial charge in [-0.3, -0.25) is 20.4 Å². The van der Waals surface area contributed by atoms with Crippen molar-refractivity contribution < 1.29 is 9.59 Å². The van der Waals surface area contributed by atoms with E-state index >= 15 is 0 Å². The summed E-state index contributed by atoms with van der Waals surface area (Å²) in [6, 6.07) is 19.0. The Labute approximate surface area is 151 Å². The third-order valence-corrected chi connectivity index (χ3v) is 4.22. The lowest BCUT2D eigenvalue weighted by molar-refractivity contribution is -0.123. The Morgan fingerprint density at radius 2 is 1.40 bits per heavy atom. The zero-order valence-corrected chi connectivity index (χ0v) is 14.4. The van der Waals surface area contributed by atoms with Crippen molar-refractivity contribution in [1.82, 2.24) is 16.2 Å². The zero-order valence-electron chi connectivity index (χ0n) is 13.6. The van der Waals surface area contributed by atoms with Crippen LogP contribution in [0, 0.1) is 5.92 Å². The van der Waals surface area contributed by atoms with Gasteiger partial charge in [-0.15, -0.1) is 0 Å². The zero-order chi connectivity index (χ0) is 17.6. The van der Waals surface area contributed by atoms with Gasteiger partial charge in [0.1, 0.15) is 0 Å². The molecule has 0 unspecified atom stereocenters. The van der Waals surface area contributed by atoms with Gasteiger partial charge in [0.25, 0.3) is 0 Å². The summed E-state index contributed by atoms with van der Waals surface area (Å²) >= 11 is 5.12. The number of hydrazine groups is 1. The van der Waals surface area contributed by atoms with Crippen LogP contribution < -0.4 is 16.2 Å². The standard InChI is InChI=1S/C19H19N3O2S/c23-17(15-11-12-15)21-22-19(25)20-18(24)16(13-7-3-1-4-8-13)14-9-5-2-6-10-14/h1-10,15-16H,11-12H2,(H,21,23)(H2,20,22,24,25). The molecule has 0 aromatic heterocycles. The van der Waals surface area contributed by atoms with Gasteiger partial charge in [-0.25, -0.2) is 0 Å². The molecule has 0 atom stereocenters. The minimum atomic E-state index is -0.485. The van der Waals surface area contributed by atoms with E-state index in [0.29, 0.717) is 0 Å². The maximum absolute atomic E-state index is 12.8. The van der Waals surface area contributed by atoms with E-state index in [-0.39, 0.29) is 22.8 Å². The van der Waals surface area contributed by atoms with E-state index in [4.69, 9.17) is 12.2 Å². The van der Waals surface area contributed by atoms with Crippen LogP contribution in [0.3, 0.4) is 0 Å². The molecule has 0 spiro atoms. The lowest BCUT2D eigenvalue weighted by Gasteiger charge is -2.18. The predicted molar refractivity (Wildman–Crippen MR) is 99.5 cm³/mol. The highest BCUT2D eigenvalue weighted by molar-refractivity contribution is 7.80. The van der Waals surface area contributed by atoms with Crippen molar-refractivity contribution in [2.24, 2.45) is 5.92 Å². The molecule has 1 aliphatic carbocycles. The Morgan fingerprint density at radius 1 is 0.880 bits per heavy atom. The van der Waals surface area contributed by atoms with Gasteiger partial charge in [0, 0.05) is 5.92 Å². The first-order chi connectivity index (χ1) is 12.1. The molecule has 25 heavy (non-hydrogen) atoms. The van der Waals surface area contributed by atoms with E-state index in [1.165, 1.54) is 0 Å². The summed E-state index contributed by atoms with van der Waals surface area (Å²) in [7, 11) is 0. The number of benzene rings is 2. The summed E-state index contributed by atoms with van der Waals surface area (Å²) in [5.74, 6) is -0.775. The molecule has 2 aromatic rings. The molecule has 2 amide bonds. The number of rotatable bonds is 4. The lowest BCUT2D eigenvalue weighted by Crippen LogP contribution is -2.49. The summed E-state index contributed by atoms with van der Waals surface area (Å²) in [5.41, 5.74) is 6.86. The fourth-order valence-electron chi connectivity index (χ4n) is 2.57. The van der Waals surface area contributed by atoms with Crippen molar-refractivity contribution in [2.45, 2.75) is 18.8 Å². The van der Waals surface area contributed by atoms with Crippen molar-refractivity contribution in [2.75, 3.05) is 0 Å². The van der Waals surface area contributed by atoms with Crippen LogP contribution in [0.2, 0.25) is 0 Å². The molecule has 0 bridgehead atoms. The summed E-state index contributed by atoms with van der Waals surface area (Å²) < 4.78 is 0. The molecule has 3 rings (SSSR count). The van der Waals surface area contributed by atoms with E-state index in [1.807, 2.05) is 60.7 Å². The molecule has 1 saturated carbocycles. The van der Waals surface area contributed by atoms with Gasteiger partial charge in [0.15, 0.2) is 5.11 Å². The van der Waals surface area contributed by atoms with Crippen molar-refractivity contribution in [3.8, 4) is 0 Å². The normalized spacial score (nSPS) is 13.2. The quantitative estimate of drug-likeness (QED) is 0.582. The number of nitrogens with one attached hydrogen (secondary N) is 3. The Kier molecular flexibility index (Phi) is 5.40. The molecule has 0 aliphatic heterocycles. The van der Waals surface area contributed by atoms with Gasteiger partial charge < -0.3 is 5.32 Å². The van der Waals surface area contributed by atoms with E-state index in [1.54, 1.807) is 0 Å². The topological polar surface area (TPSA) is 70.2 Å². The van der Waals surface area contributed by atoms with Crippen LogP contribution in [-0.2, 0) is 9.59 Å². The lowest BCUT2D eigenvalue weighted by atomic mass is 9.90. The molecular formula is C19H19N3O2S. The van der Waals surface area contributed by atoms with Crippen molar-refractivity contribution >= 4 is 29.1 Å². The second kappa shape index (κ2) is 7.90.